The summed E-state index contributed by atoms with van der Waals surface area (Å²) >= 11 is 3.48. The number of amides is 1. The van der Waals surface area contributed by atoms with Crippen molar-refractivity contribution in [1.82, 2.24) is 14.9 Å². The van der Waals surface area contributed by atoms with Gasteiger partial charge in [-0.15, -0.1) is 0 Å². The van der Waals surface area contributed by atoms with Crippen molar-refractivity contribution in [3.05, 3.63) is 33.9 Å². The first-order valence-electron chi connectivity index (χ1n) is 7.99. The Kier molecular flexibility index (Phi) is 6.00. The van der Waals surface area contributed by atoms with Gasteiger partial charge in [-0.1, -0.05) is 29.8 Å². The van der Waals surface area contributed by atoms with Crippen LogP contribution in [0.25, 0.3) is 11.3 Å². The van der Waals surface area contributed by atoms with Gasteiger partial charge in [-0.05, 0) is 31.0 Å². The van der Waals surface area contributed by atoms with Crippen molar-refractivity contribution < 1.29 is 9.53 Å². The van der Waals surface area contributed by atoms with E-state index in [1.165, 1.54) is 4.90 Å². The Morgan fingerprint density at radius 1 is 1.32 bits per heavy atom. The molecule has 2 N–H and O–H groups in total. The van der Waals surface area contributed by atoms with E-state index in [1.807, 2.05) is 18.2 Å². The van der Waals surface area contributed by atoms with Crippen LogP contribution in [0.1, 0.15) is 29.9 Å². The number of hydrogen-bond donors (Lipinski definition) is 1. The second-order valence-electron chi connectivity index (χ2n) is 6.44. The molecule has 0 bridgehead atoms. The van der Waals surface area contributed by atoms with Gasteiger partial charge in [-0.2, -0.15) is 0 Å². The molecule has 2 rings (SSSR count). The van der Waals surface area contributed by atoms with Crippen LogP contribution in [0.3, 0.4) is 0 Å². The second kappa shape index (κ2) is 7.82. The molecule has 0 spiro atoms. The average Bonchev–Trinajstić information content (AvgIpc) is 2.52. The molecule has 0 saturated carbocycles. The van der Waals surface area contributed by atoms with E-state index < -0.39 is 0 Å². The monoisotopic (exact) mass is 406 g/mol. The summed E-state index contributed by atoms with van der Waals surface area (Å²) in [5.74, 6) is 0.971. The van der Waals surface area contributed by atoms with E-state index in [2.05, 4.69) is 39.7 Å². The minimum Gasteiger partial charge on any atom is -0.493 e. The predicted octanol–water partition coefficient (Wildman–Crippen LogP) is 3.53. The molecule has 2 aromatic rings. The van der Waals surface area contributed by atoms with Crippen molar-refractivity contribution in [3.8, 4) is 17.0 Å². The number of hydrogen-bond acceptors (Lipinski definition) is 5. The predicted molar refractivity (Wildman–Crippen MR) is 103 cm³/mol. The summed E-state index contributed by atoms with van der Waals surface area (Å²) in [6, 6.07) is 5.63. The summed E-state index contributed by atoms with van der Waals surface area (Å²) in [5, 5.41) is 0. The van der Waals surface area contributed by atoms with Crippen LogP contribution in [0.2, 0.25) is 0 Å². The number of nitrogens with zero attached hydrogens (tertiary/aromatic N) is 3. The number of carbonyl (C=O) groups is 1. The summed E-state index contributed by atoms with van der Waals surface area (Å²) in [4.78, 5) is 22.7. The summed E-state index contributed by atoms with van der Waals surface area (Å²) in [5.41, 5.74) is 8.00. The van der Waals surface area contributed by atoms with Crippen LogP contribution in [0.5, 0.6) is 5.75 Å². The van der Waals surface area contributed by atoms with Gasteiger partial charge in [0.1, 0.15) is 5.75 Å². The molecule has 0 aliphatic rings. The Bertz CT molecular complexity index is 791. The average molecular weight is 407 g/mol. The van der Waals surface area contributed by atoms with Crippen molar-refractivity contribution in [2.45, 2.75) is 20.8 Å². The van der Waals surface area contributed by atoms with Crippen molar-refractivity contribution >= 4 is 27.8 Å². The fourth-order valence-electron chi connectivity index (χ4n) is 2.34. The van der Waals surface area contributed by atoms with Crippen molar-refractivity contribution in [1.29, 1.82) is 0 Å². The van der Waals surface area contributed by atoms with Gasteiger partial charge in [-0.3, -0.25) is 4.79 Å². The maximum Gasteiger partial charge on any atom is 0.257 e. The van der Waals surface area contributed by atoms with Crippen LogP contribution in [-0.4, -0.2) is 41.5 Å². The Morgan fingerprint density at radius 2 is 2.00 bits per heavy atom. The molecule has 0 saturated heterocycles. The van der Waals surface area contributed by atoms with Crippen LogP contribution in [0.4, 0.5) is 5.95 Å². The standard InChI is InChI=1S/C18H23BrN4O2/c1-10(2)9-25-14-7-6-12(19)8-13(14)16-15(17(24)23(4)5)11(3)21-18(20)22-16/h6-8,10H,9H2,1-5H3,(H2,20,21,22). The number of carbonyl (C=O) groups excluding carboxylic acids is 1. The number of nitrogens with two attached hydrogens (primary N) is 1. The van der Waals surface area contributed by atoms with E-state index in [4.69, 9.17) is 10.5 Å². The molecule has 7 heteroatoms. The lowest BCUT2D eigenvalue weighted by Gasteiger charge is -2.18. The molecule has 0 aliphatic heterocycles. The SMILES string of the molecule is Cc1nc(N)nc(-c2cc(Br)ccc2OCC(C)C)c1C(=O)N(C)C. The highest BCUT2D eigenvalue weighted by Gasteiger charge is 2.23. The highest BCUT2D eigenvalue weighted by atomic mass is 79.9. The third-order valence-corrected chi connectivity index (χ3v) is 3.99. The minimum absolute atomic E-state index is 0.123. The third-order valence-electron chi connectivity index (χ3n) is 3.50. The summed E-state index contributed by atoms with van der Waals surface area (Å²) in [6.45, 7) is 6.47. The van der Waals surface area contributed by atoms with Crippen molar-refractivity contribution in [3.63, 3.8) is 0 Å². The molecule has 1 amide bonds. The van der Waals surface area contributed by atoms with E-state index in [0.717, 1.165) is 4.47 Å². The smallest absolute Gasteiger partial charge is 0.257 e. The molecule has 0 atom stereocenters. The second-order valence-corrected chi connectivity index (χ2v) is 7.35. The summed E-state index contributed by atoms with van der Waals surface area (Å²) in [7, 11) is 3.39. The lowest BCUT2D eigenvalue weighted by Crippen LogP contribution is -2.24. The van der Waals surface area contributed by atoms with E-state index in [1.54, 1.807) is 21.0 Å². The zero-order chi connectivity index (χ0) is 18.7. The molecule has 0 aliphatic carbocycles. The highest BCUT2D eigenvalue weighted by molar-refractivity contribution is 9.10. The van der Waals surface area contributed by atoms with E-state index in [9.17, 15) is 4.79 Å². The quantitative estimate of drug-likeness (QED) is 0.820. The Labute approximate surface area is 156 Å². The van der Waals surface area contributed by atoms with Crippen molar-refractivity contribution in [2.24, 2.45) is 5.92 Å². The normalized spacial score (nSPS) is 10.8. The lowest BCUT2D eigenvalue weighted by molar-refractivity contribution is 0.0827. The third kappa shape index (κ3) is 4.48. The molecule has 1 heterocycles. The molecule has 0 unspecified atom stereocenters. The zero-order valence-corrected chi connectivity index (χ0v) is 16.7. The van der Waals surface area contributed by atoms with Crippen LogP contribution in [-0.2, 0) is 0 Å². The first-order chi connectivity index (χ1) is 11.7. The van der Waals surface area contributed by atoms with Gasteiger partial charge in [0, 0.05) is 24.1 Å². The fraction of sp³-hybridized carbons (Fsp3) is 0.389. The summed E-state index contributed by atoms with van der Waals surface area (Å²) in [6.07, 6.45) is 0. The molecular weight excluding hydrogens is 384 g/mol. The van der Waals surface area contributed by atoms with Gasteiger partial charge < -0.3 is 15.4 Å². The van der Waals surface area contributed by atoms with E-state index >= 15 is 0 Å². The van der Waals surface area contributed by atoms with Gasteiger partial charge in [0.25, 0.3) is 5.91 Å². The maximum absolute atomic E-state index is 12.7. The number of aromatic nitrogens is 2. The zero-order valence-electron chi connectivity index (χ0n) is 15.1. The topological polar surface area (TPSA) is 81.3 Å². The number of anilines is 1. The Hall–Kier alpha value is -2.15. The Morgan fingerprint density at radius 3 is 2.60 bits per heavy atom. The number of benzene rings is 1. The molecule has 134 valence electrons. The number of halogens is 1. The number of ether oxygens (including phenoxy) is 1. The summed E-state index contributed by atoms with van der Waals surface area (Å²) < 4.78 is 6.79. The van der Waals surface area contributed by atoms with Gasteiger partial charge >= 0.3 is 0 Å². The fourth-order valence-corrected chi connectivity index (χ4v) is 2.70. The first-order valence-corrected chi connectivity index (χ1v) is 8.78. The molecule has 1 aromatic carbocycles. The van der Waals surface area contributed by atoms with E-state index in [-0.39, 0.29) is 11.9 Å². The maximum atomic E-state index is 12.7. The molecule has 1 aromatic heterocycles. The van der Waals surface area contributed by atoms with Crippen molar-refractivity contribution in [2.75, 3.05) is 26.4 Å². The first kappa shape index (κ1) is 19.2. The Balaban J connectivity index is 2.68. The molecule has 0 radical (unpaired) electrons. The minimum atomic E-state index is -0.178. The lowest BCUT2D eigenvalue weighted by atomic mass is 10.0. The molecule has 0 fully saturated rings. The largest absolute Gasteiger partial charge is 0.493 e. The van der Waals surface area contributed by atoms with Crippen LogP contribution in [0, 0.1) is 12.8 Å². The number of nitrogen functional groups attached to an aromatic ring is 1. The molecule has 6 nitrogen and oxygen atoms in total. The van der Waals surface area contributed by atoms with Crippen LogP contribution < -0.4 is 10.5 Å². The molecular formula is C18H23BrN4O2. The van der Waals surface area contributed by atoms with Crippen LogP contribution in [0.15, 0.2) is 22.7 Å². The highest BCUT2D eigenvalue weighted by Crippen LogP contribution is 2.35. The molecule has 25 heavy (non-hydrogen) atoms. The van der Waals surface area contributed by atoms with Gasteiger partial charge in [0.15, 0.2) is 0 Å². The van der Waals surface area contributed by atoms with Gasteiger partial charge in [0.05, 0.1) is 23.6 Å². The van der Waals surface area contributed by atoms with Gasteiger partial charge in [0.2, 0.25) is 5.95 Å². The van der Waals surface area contributed by atoms with Gasteiger partial charge in [-0.25, -0.2) is 9.97 Å². The number of rotatable bonds is 5. The number of aryl methyl sites for hydroxylation is 1. The van der Waals surface area contributed by atoms with E-state index in [0.29, 0.717) is 40.8 Å². The van der Waals surface area contributed by atoms with Crippen LogP contribution >= 0.6 is 15.9 Å².